The highest BCUT2D eigenvalue weighted by atomic mass is 19.1. The highest BCUT2D eigenvalue weighted by Gasteiger charge is 2.42. The van der Waals surface area contributed by atoms with Crippen molar-refractivity contribution >= 4 is 17.4 Å². The summed E-state index contributed by atoms with van der Waals surface area (Å²) in [6.45, 7) is 8.22. The lowest BCUT2D eigenvalue weighted by atomic mass is 10.0. The van der Waals surface area contributed by atoms with E-state index in [0.717, 1.165) is 0 Å². The molecule has 0 saturated carbocycles. The maximum Gasteiger partial charge on any atom is 0.277 e. The van der Waals surface area contributed by atoms with Gasteiger partial charge in [0.1, 0.15) is 11.5 Å². The van der Waals surface area contributed by atoms with E-state index in [2.05, 4.69) is 0 Å². The van der Waals surface area contributed by atoms with Crippen molar-refractivity contribution in [3.63, 3.8) is 0 Å². The summed E-state index contributed by atoms with van der Waals surface area (Å²) in [6.07, 6.45) is 0.465. The lowest BCUT2D eigenvalue weighted by molar-refractivity contribution is -0.138. The lowest BCUT2D eigenvalue weighted by Gasteiger charge is -2.37. The molecule has 1 aromatic rings. The minimum atomic E-state index is -0.384. The van der Waals surface area contributed by atoms with Gasteiger partial charge in [0, 0.05) is 32.8 Å². The van der Waals surface area contributed by atoms with Gasteiger partial charge in [-0.05, 0) is 44.9 Å². The normalized spacial score (nSPS) is 23.1. The second-order valence-corrected chi connectivity index (χ2v) is 7.21. The molecular weight excluding hydrogens is 363 g/mol. The molecule has 0 aromatic heterocycles. The van der Waals surface area contributed by atoms with Crippen LogP contribution in [0.1, 0.15) is 32.8 Å². The van der Waals surface area contributed by atoms with Gasteiger partial charge in [0.2, 0.25) is 0 Å². The van der Waals surface area contributed by atoms with Gasteiger partial charge in [0.05, 0.1) is 17.8 Å². The molecule has 1 aromatic carbocycles. The maximum absolute atomic E-state index is 13.4. The van der Waals surface area contributed by atoms with Crippen LogP contribution in [0.5, 0.6) is 0 Å². The number of hydrogen-bond acceptors (Lipinski definition) is 5. The molecule has 0 spiro atoms. The standard InChI is InChI=1S/C21H27FN2O4/c1-4-27-11-5-10-24-20(25)18(16-6-8-17(22)9-7-16)19(21(24)26)23-12-14(2)28-15(3)13-23/h6-9,14-15H,4-5,10-13H2,1-3H3. The Hall–Kier alpha value is -2.25. The van der Waals surface area contributed by atoms with E-state index in [9.17, 15) is 14.0 Å². The van der Waals surface area contributed by atoms with Gasteiger partial charge < -0.3 is 14.4 Å². The van der Waals surface area contributed by atoms with Gasteiger partial charge in [-0.25, -0.2) is 4.39 Å². The van der Waals surface area contributed by atoms with E-state index < -0.39 is 0 Å². The summed E-state index contributed by atoms with van der Waals surface area (Å²) in [5, 5.41) is 0. The number of carbonyl (C=O) groups excluding carboxylic acids is 2. The molecule has 1 fully saturated rings. The van der Waals surface area contributed by atoms with E-state index >= 15 is 0 Å². The first-order valence-electron chi connectivity index (χ1n) is 9.77. The van der Waals surface area contributed by atoms with Crippen LogP contribution in [0.4, 0.5) is 4.39 Å². The van der Waals surface area contributed by atoms with Crippen molar-refractivity contribution < 1.29 is 23.5 Å². The first-order valence-corrected chi connectivity index (χ1v) is 9.77. The molecule has 2 atom stereocenters. The van der Waals surface area contributed by atoms with Crippen LogP contribution in [0.3, 0.4) is 0 Å². The summed E-state index contributed by atoms with van der Waals surface area (Å²) in [5.74, 6) is -1.03. The molecule has 2 unspecified atom stereocenters. The molecule has 3 rings (SSSR count). The van der Waals surface area contributed by atoms with Crippen LogP contribution < -0.4 is 0 Å². The third-order valence-corrected chi connectivity index (χ3v) is 4.89. The van der Waals surface area contributed by atoms with Crippen LogP contribution in [0.15, 0.2) is 30.0 Å². The molecule has 2 aliphatic heterocycles. The number of carbonyl (C=O) groups is 2. The maximum atomic E-state index is 13.4. The second kappa shape index (κ2) is 8.84. The van der Waals surface area contributed by atoms with Crippen LogP contribution >= 0.6 is 0 Å². The molecule has 0 N–H and O–H groups in total. The van der Waals surface area contributed by atoms with Crippen molar-refractivity contribution in [1.29, 1.82) is 0 Å². The van der Waals surface area contributed by atoms with E-state index in [4.69, 9.17) is 9.47 Å². The van der Waals surface area contributed by atoms with Crippen LogP contribution in [0, 0.1) is 5.82 Å². The van der Waals surface area contributed by atoms with E-state index in [1.54, 1.807) is 12.1 Å². The molecule has 0 bridgehead atoms. The minimum absolute atomic E-state index is 0.0550. The first kappa shape index (κ1) is 20.5. The molecule has 1 saturated heterocycles. The van der Waals surface area contributed by atoms with Crippen molar-refractivity contribution in [1.82, 2.24) is 9.80 Å². The Labute approximate surface area is 164 Å². The van der Waals surface area contributed by atoms with Gasteiger partial charge in [0.15, 0.2) is 0 Å². The molecular formula is C21H27FN2O4. The number of imide groups is 1. The Bertz CT molecular complexity index is 752. The number of halogens is 1. The van der Waals surface area contributed by atoms with Gasteiger partial charge in [-0.1, -0.05) is 12.1 Å². The Morgan fingerprint density at radius 3 is 2.36 bits per heavy atom. The van der Waals surface area contributed by atoms with E-state index in [-0.39, 0.29) is 29.8 Å². The first-order chi connectivity index (χ1) is 13.4. The van der Waals surface area contributed by atoms with E-state index in [1.807, 2.05) is 25.7 Å². The molecule has 0 radical (unpaired) electrons. The summed E-state index contributed by atoms with van der Waals surface area (Å²) in [5.41, 5.74) is 1.27. The number of morpholine rings is 1. The van der Waals surface area contributed by atoms with Crippen LogP contribution in [0.2, 0.25) is 0 Å². The third kappa shape index (κ3) is 4.25. The fourth-order valence-electron chi connectivity index (χ4n) is 3.77. The quantitative estimate of drug-likeness (QED) is 0.529. The number of ether oxygens (including phenoxy) is 2. The Balaban J connectivity index is 1.94. The summed E-state index contributed by atoms with van der Waals surface area (Å²) in [6, 6.07) is 5.71. The molecule has 7 heteroatoms. The smallest absolute Gasteiger partial charge is 0.277 e. The summed E-state index contributed by atoms with van der Waals surface area (Å²) < 4.78 is 24.5. The van der Waals surface area contributed by atoms with Crippen LogP contribution in [0.25, 0.3) is 5.57 Å². The number of amides is 2. The van der Waals surface area contributed by atoms with Crippen LogP contribution in [-0.2, 0) is 19.1 Å². The minimum Gasteiger partial charge on any atom is -0.382 e. The zero-order valence-corrected chi connectivity index (χ0v) is 16.6. The van der Waals surface area contributed by atoms with Gasteiger partial charge >= 0.3 is 0 Å². The van der Waals surface area contributed by atoms with E-state index in [1.165, 1.54) is 17.0 Å². The van der Waals surface area contributed by atoms with Crippen molar-refractivity contribution in [3.8, 4) is 0 Å². The molecule has 0 aliphatic carbocycles. The van der Waals surface area contributed by atoms with Crippen molar-refractivity contribution in [2.45, 2.75) is 39.4 Å². The zero-order valence-electron chi connectivity index (χ0n) is 16.6. The molecule has 2 amide bonds. The van der Waals surface area contributed by atoms with Crippen molar-refractivity contribution in [2.75, 3.05) is 32.8 Å². The zero-order chi connectivity index (χ0) is 20.3. The average Bonchev–Trinajstić information content (AvgIpc) is 2.89. The van der Waals surface area contributed by atoms with Crippen molar-refractivity contribution in [2.24, 2.45) is 0 Å². The van der Waals surface area contributed by atoms with Crippen molar-refractivity contribution in [3.05, 3.63) is 41.3 Å². The van der Waals surface area contributed by atoms with Gasteiger partial charge in [-0.15, -0.1) is 0 Å². The monoisotopic (exact) mass is 390 g/mol. The molecule has 6 nitrogen and oxygen atoms in total. The molecule has 152 valence electrons. The second-order valence-electron chi connectivity index (χ2n) is 7.21. The Morgan fingerprint density at radius 1 is 1.11 bits per heavy atom. The lowest BCUT2D eigenvalue weighted by Crippen LogP contribution is -2.47. The summed E-state index contributed by atoms with van der Waals surface area (Å²) in [7, 11) is 0. The Kier molecular flexibility index (Phi) is 6.46. The highest BCUT2D eigenvalue weighted by molar-refractivity contribution is 6.35. The van der Waals surface area contributed by atoms with E-state index in [0.29, 0.717) is 56.1 Å². The number of hydrogen-bond donors (Lipinski definition) is 0. The summed E-state index contributed by atoms with van der Waals surface area (Å²) in [4.78, 5) is 29.5. The topological polar surface area (TPSA) is 59.1 Å². The highest BCUT2D eigenvalue weighted by Crippen LogP contribution is 2.33. The molecule has 28 heavy (non-hydrogen) atoms. The number of rotatable bonds is 7. The molecule has 2 heterocycles. The van der Waals surface area contributed by atoms with Gasteiger partial charge in [-0.2, -0.15) is 0 Å². The largest absolute Gasteiger partial charge is 0.382 e. The average molecular weight is 390 g/mol. The Morgan fingerprint density at radius 2 is 1.75 bits per heavy atom. The van der Waals surface area contributed by atoms with Gasteiger partial charge in [-0.3, -0.25) is 14.5 Å². The molecule has 2 aliphatic rings. The fraction of sp³-hybridized carbons (Fsp3) is 0.524. The van der Waals surface area contributed by atoms with Gasteiger partial charge in [0.25, 0.3) is 11.8 Å². The predicted molar refractivity (Wildman–Crippen MR) is 103 cm³/mol. The number of nitrogens with zero attached hydrogens (tertiary/aromatic N) is 2. The predicted octanol–water partition coefficient (Wildman–Crippen LogP) is 2.44. The number of benzene rings is 1. The third-order valence-electron chi connectivity index (χ3n) is 4.89. The van der Waals surface area contributed by atoms with Crippen LogP contribution in [-0.4, -0.2) is 66.7 Å². The fourth-order valence-corrected chi connectivity index (χ4v) is 3.77. The summed E-state index contributed by atoms with van der Waals surface area (Å²) >= 11 is 0. The SMILES string of the molecule is CCOCCCN1C(=O)C(c2ccc(F)cc2)=C(N2CC(C)OC(C)C2)C1=O.